The molecule has 1 saturated heterocycles. The smallest absolute Gasteiger partial charge is 0.180 e. The maximum absolute atomic E-state index is 5.39. The fourth-order valence-corrected chi connectivity index (χ4v) is 3.26. The number of hydrogen-bond acceptors (Lipinski definition) is 7. The van der Waals surface area contributed by atoms with Crippen LogP contribution in [0.15, 0.2) is 48.9 Å². The molecule has 3 aromatic rings. The lowest BCUT2D eigenvalue weighted by molar-refractivity contribution is 0.413. The van der Waals surface area contributed by atoms with Gasteiger partial charge in [0.15, 0.2) is 17.4 Å². The molecule has 3 aromatic heterocycles. The zero-order valence-electron chi connectivity index (χ0n) is 17.0. The van der Waals surface area contributed by atoms with Gasteiger partial charge in [-0.05, 0) is 43.0 Å². The van der Waals surface area contributed by atoms with Crippen LogP contribution in [0.2, 0.25) is 0 Å². The van der Waals surface area contributed by atoms with E-state index in [1.165, 1.54) is 12.8 Å². The monoisotopic (exact) mass is 448 g/mol. The Balaban J connectivity index is 0.00000160. The fourth-order valence-electron chi connectivity index (χ4n) is 3.26. The van der Waals surface area contributed by atoms with E-state index >= 15 is 0 Å². The predicted molar refractivity (Wildman–Crippen MR) is 124 cm³/mol. The first-order valence-electron chi connectivity index (χ1n) is 9.53. The summed E-state index contributed by atoms with van der Waals surface area (Å²) in [6, 6.07) is 9.71. The zero-order chi connectivity index (χ0) is 19.3. The number of piperidine rings is 1. The normalized spacial score (nSPS) is 13.7. The van der Waals surface area contributed by atoms with Crippen LogP contribution in [0.3, 0.4) is 0 Å². The van der Waals surface area contributed by atoms with Gasteiger partial charge in [0, 0.05) is 19.3 Å². The first-order chi connectivity index (χ1) is 13.7. The summed E-state index contributed by atoms with van der Waals surface area (Å²) in [4.78, 5) is 20.2. The van der Waals surface area contributed by atoms with Gasteiger partial charge in [0.05, 0.1) is 25.2 Å². The highest BCUT2D eigenvalue weighted by molar-refractivity contribution is 5.85. The molecule has 1 aliphatic heterocycles. The minimum atomic E-state index is 0. The van der Waals surface area contributed by atoms with Crippen LogP contribution in [0.4, 0.5) is 17.3 Å². The minimum Gasteiger partial charge on any atom is -0.491 e. The van der Waals surface area contributed by atoms with Gasteiger partial charge in [-0.15, -0.1) is 24.8 Å². The highest BCUT2D eigenvalue weighted by atomic mass is 35.5. The average molecular weight is 449 g/mol. The molecule has 160 valence electrons. The number of halogens is 2. The molecular weight excluding hydrogens is 423 g/mol. The first kappa shape index (κ1) is 23.6. The molecule has 0 unspecified atom stereocenters. The lowest BCUT2D eigenvalue weighted by Crippen LogP contribution is -2.32. The number of nitrogens with one attached hydrogen (secondary N) is 1. The molecule has 4 rings (SSSR count). The van der Waals surface area contributed by atoms with E-state index in [1.807, 2.05) is 30.5 Å². The first-order valence-corrected chi connectivity index (χ1v) is 9.53. The standard InChI is InChI=1S/C21H24N6O.2ClH/c1-15-8-11-27(12-9-15)16-6-7-19(23-13-16)25-21-18(28-2)14-24-20(26-21)17-5-3-4-10-22-17;;/h3-7,10,13-15H,8-9,11-12H2,1-2H3,(H,23,24,25,26);2*1H. The van der Waals surface area contributed by atoms with Gasteiger partial charge in [-0.25, -0.2) is 15.0 Å². The van der Waals surface area contributed by atoms with E-state index in [1.54, 1.807) is 19.5 Å². The van der Waals surface area contributed by atoms with E-state index in [2.05, 4.69) is 43.1 Å². The summed E-state index contributed by atoms with van der Waals surface area (Å²) < 4.78 is 5.39. The van der Waals surface area contributed by atoms with Gasteiger partial charge in [0.25, 0.3) is 0 Å². The van der Waals surface area contributed by atoms with Gasteiger partial charge in [-0.1, -0.05) is 13.0 Å². The van der Waals surface area contributed by atoms with Crippen molar-refractivity contribution >= 4 is 42.1 Å². The Morgan fingerprint density at radius 1 is 1.00 bits per heavy atom. The molecule has 7 nitrogen and oxygen atoms in total. The summed E-state index contributed by atoms with van der Waals surface area (Å²) in [5.74, 6) is 3.16. The van der Waals surface area contributed by atoms with E-state index in [0.29, 0.717) is 28.9 Å². The van der Waals surface area contributed by atoms with Gasteiger partial charge in [-0.2, -0.15) is 0 Å². The summed E-state index contributed by atoms with van der Waals surface area (Å²) in [6.07, 6.45) is 7.73. The second-order valence-electron chi connectivity index (χ2n) is 7.02. The van der Waals surface area contributed by atoms with E-state index in [9.17, 15) is 0 Å². The van der Waals surface area contributed by atoms with Gasteiger partial charge >= 0.3 is 0 Å². The van der Waals surface area contributed by atoms with Gasteiger partial charge in [-0.3, -0.25) is 4.98 Å². The molecule has 0 saturated carbocycles. The van der Waals surface area contributed by atoms with Crippen molar-refractivity contribution in [2.75, 3.05) is 30.4 Å². The molecule has 30 heavy (non-hydrogen) atoms. The second kappa shape index (κ2) is 10.9. The summed E-state index contributed by atoms with van der Waals surface area (Å²) in [6.45, 7) is 4.49. The number of pyridine rings is 2. The van der Waals surface area contributed by atoms with Crippen LogP contribution in [0, 0.1) is 5.92 Å². The SMILES string of the molecule is COc1cnc(-c2ccccn2)nc1Nc1ccc(N2CCC(C)CC2)cn1.Cl.Cl. The Hall–Kier alpha value is -2.64. The van der Waals surface area contributed by atoms with Crippen LogP contribution in [0.25, 0.3) is 11.5 Å². The number of rotatable bonds is 5. The number of aromatic nitrogens is 4. The maximum Gasteiger partial charge on any atom is 0.180 e. The number of ether oxygens (including phenoxy) is 1. The molecule has 4 heterocycles. The molecule has 1 N–H and O–H groups in total. The molecule has 0 atom stereocenters. The molecule has 1 aliphatic rings. The molecule has 0 aromatic carbocycles. The quantitative estimate of drug-likeness (QED) is 0.602. The highest BCUT2D eigenvalue weighted by Crippen LogP contribution is 2.28. The summed E-state index contributed by atoms with van der Waals surface area (Å²) in [7, 11) is 1.60. The maximum atomic E-state index is 5.39. The van der Waals surface area contributed by atoms with Crippen molar-refractivity contribution < 1.29 is 4.74 Å². The lowest BCUT2D eigenvalue weighted by Gasteiger charge is -2.31. The topological polar surface area (TPSA) is 76.1 Å². The Labute approximate surface area is 189 Å². The summed E-state index contributed by atoms with van der Waals surface area (Å²) >= 11 is 0. The Morgan fingerprint density at radius 3 is 2.43 bits per heavy atom. The molecule has 0 radical (unpaired) electrons. The van der Waals surface area contributed by atoms with Crippen LogP contribution >= 0.6 is 24.8 Å². The molecule has 0 spiro atoms. The van der Waals surface area contributed by atoms with Gasteiger partial charge < -0.3 is 15.0 Å². The van der Waals surface area contributed by atoms with Crippen LogP contribution in [-0.2, 0) is 0 Å². The largest absolute Gasteiger partial charge is 0.491 e. The lowest BCUT2D eigenvalue weighted by atomic mass is 9.99. The molecule has 0 bridgehead atoms. The van der Waals surface area contributed by atoms with Crippen LogP contribution in [0.5, 0.6) is 5.75 Å². The third-order valence-electron chi connectivity index (χ3n) is 5.01. The van der Waals surface area contributed by atoms with Crippen LogP contribution in [-0.4, -0.2) is 40.1 Å². The van der Waals surface area contributed by atoms with Crippen molar-refractivity contribution in [2.24, 2.45) is 5.92 Å². The molecule has 0 aliphatic carbocycles. The highest BCUT2D eigenvalue weighted by Gasteiger charge is 2.16. The number of nitrogens with zero attached hydrogens (tertiary/aromatic N) is 5. The van der Waals surface area contributed by atoms with Crippen molar-refractivity contribution in [3.05, 3.63) is 48.9 Å². The van der Waals surface area contributed by atoms with E-state index in [-0.39, 0.29) is 24.8 Å². The fraction of sp³-hybridized carbons (Fsp3) is 0.333. The van der Waals surface area contributed by atoms with Crippen molar-refractivity contribution in [3.8, 4) is 17.3 Å². The Morgan fingerprint density at radius 2 is 1.80 bits per heavy atom. The predicted octanol–water partition coefficient (Wildman–Crippen LogP) is 4.77. The molecule has 0 amide bonds. The summed E-state index contributed by atoms with van der Waals surface area (Å²) in [5.41, 5.74) is 1.86. The van der Waals surface area contributed by atoms with Crippen LogP contribution in [0.1, 0.15) is 19.8 Å². The number of anilines is 3. The van der Waals surface area contributed by atoms with E-state index in [4.69, 9.17) is 4.74 Å². The number of hydrogen-bond donors (Lipinski definition) is 1. The minimum absolute atomic E-state index is 0. The average Bonchev–Trinajstić information content (AvgIpc) is 2.75. The van der Waals surface area contributed by atoms with Gasteiger partial charge in [0.2, 0.25) is 0 Å². The zero-order valence-corrected chi connectivity index (χ0v) is 18.6. The Kier molecular flexibility index (Phi) is 8.62. The van der Waals surface area contributed by atoms with Crippen molar-refractivity contribution in [1.29, 1.82) is 0 Å². The molecule has 9 heteroatoms. The number of methoxy groups -OCH3 is 1. The van der Waals surface area contributed by atoms with E-state index in [0.717, 1.165) is 24.7 Å². The Bertz CT molecular complexity index is 919. The second-order valence-corrected chi connectivity index (χ2v) is 7.02. The van der Waals surface area contributed by atoms with Gasteiger partial charge in [0.1, 0.15) is 11.5 Å². The summed E-state index contributed by atoms with van der Waals surface area (Å²) in [5, 5.41) is 3.24. The van der Waals surface area contributed by atoms with E-state index < -0.39 is 0 Å². The van der Waals surface area contributed by atoms with Crippen molar-refractivity contribution in [1.82, 2.24) is 19.9 Å². The molecular formula is C21H26Cl2N6O. The third-order valence-corrected chi connectivity index (χ3v) is 5.01. The van der Waals surface area contributed by atoms with Crippen molar-refractivity contribution in [3.63, 3.8) is 0 Å². The third kappa shape index (κ3) is 5.49. The van der Waals surface area contributed by atoms with Crippen LogP contribution < -0.4 is 15.0 Å². The molecule has 1 fully saturated rings. The van der Waals surface area contributed by atoms with Crippen molar-refractivity contribution in [2.45, 2.75) is 19.8 Å².